The number of benzene rings is 1. The molecular weight excluding hydrogens is 502 g/mol. The Labute approximate surface area is 230 Å². The Hall–Kier alpha value is -2.81. The van der Waals surface area contributed by atoms with Gasteiger partial charge in [-0.2, -0.15) is 5.26 Å². The van der Waals surface area contributed by atoms with Crippen molar-refractivity contribution in [2.45, 2.75) is 37.3 Å². The van der Waals surface area contributed by atoms with E-state index in [1.165, 1.54) is 11.8 Å². The Morgan fingerprint density at radius 3 is 2.63 bits per heavy atom. The number of nitrogens with zero attached hydrogens (tertiary/aromatic N) is 5. The van der Waals surface area contributed by atoms with E-state index in [0.717, 1.165) is 37.6 Å². The highest BCUT2D eigenvalue weighted by atomic mass is 32.2. The third-order valence-electron chi connectivity index (χ3n) is 7.13. The summed E-state index contributed by atoms with van der Waals surface area (Å²) in [6.45, 7) is 9.51. The zero-order chi connectivity index (χ0) is 27.7. The van der Waals surface area contributed by atoms with Crippen molar-refractivity contribution in [3.8, 4) is 6.07 Å². The van der Waals surface area contributed by atoms with Crippen molar-refractivity contribution in [2.24, 2.45) is 5.92 Å². The van der Waals surface area contributed by atoms with Gasteiger partial charge < -0.3 is 25.3 Å². The van der Waals surface area contributed by atoms with E-state index in [9.17, 15) is 19.6 Å². The fourth-order valence-corrected chi connectivity index (χ4v) is 6.31. The number of carbonyl (C=O) groups is 3. The maximum Gasteiger partial charge on any atom is 0.240 e. The number of hydrogen-bond donors (Lipinski definition) is 2. The van der Waals surface area contributed by atoms with Crippen LogP contribution in [-0.4, -0.2) is 109 Å². The van der Waals surface area contributed by atoms with Crippen molar-refractivity contribution >= 4 is 40.9 Å². The molecule has 10 nitrogen and oxygen atoms in total. The maximum absolute atomic E-state index is 13.0. The van der Waals surface area contributed by atoms with Gasteiger partial charge in [0.1, 0.15) is 5.92 Å². The van der Waals surface area contributed by atoms with Gasteiger partial charge in [-0.15, -0.1) is 11.8 Å². The van der Waals surface area contributed by atoms with Gasteiger partial charge in [-0.3, -0.25) is 19.3 Å². The fraction of sp³-hybridized carbons (Fsp3) is 0.630. The highest BCUT2D eigenvalue weighted by Gasteiger charge is 2.40. The molecule has 0 aromatic heterocycles. The van der Waals surface area contributed by atoms with E-state index in [2.05, 4.69) is 33.6 Å². The van der Waals surface area contributed by atoms with Gasteiger partial charge in [-0.1, -0.05) is 6.07 Å². The molecule has 0 saturated carbocycles. The minimum absolute atomic E-state index is 0.0554. The molecule has 0 bridgehead atoms. The van der Waals surface area contributed by atoms with Crippen LogP contribution in [0, 0.1) is 17.2 Å². The number of carbonyl (C=O) groups excluding carboxylic acids is 3. The van der Waals surface area contributed by atoms with Crippen LogP contribution in [0.1, 0.15) is 26.7 Å². The van der Waals surface area contributed by atoms with Crippen molar-refractivity contribution in [3.63, 3.8) is 0 Å². The van der Waals surface area contributed by atoms with Crippen molar-refractivity contribution < 1.29 is 14.4 Å². The first kappa shape index (κ1) is 29.7. The van der Waals surface area contributed by atoms with Crippen molar-refractivity contribution in [3.05, 3.63) is 24.3 Å². The molecular formula is C27H41N7O3S. The van der Waals surface area contributed by atoms with E-state index >= 15 is 0 Å². The lowest BCUT2D eigenvalue weighted by Gasteiger charge is -2.32. The number of nitrogens with one attached hydrogen (secondary N) is 2. The fourth-order valence-electron chi connectivity index (χ4n) is 4.72. The maximum atomic E-state index is 13.0. The molecule has 0 radical (unpaired) electrons. The molecule has 2 heterocycles. The average Bonchev–Trinajstić information content (AvgIpc) is 3.21. The topological polar surface area (TPSA) is 112 Å². The number of anilines is 2. The first-order chi connectivity index (χ1) is 18.3. The molecule has 1 aromatic rings. The lowest BCUT2D eigenvalue weighted by molar-refractivity contribution is -0.131. The van der Waals surface area contributed by atoms with E-state index in [1.807, 2.05) is 38.1 Å². The molecule has 1 aromatic carbocycles. The van der Waals surface area contributed by atoms with Crippen LogP contribution in [0.4, 0.5) is 11.4 Å². The molecule has 11 heteroatoms. The molecule has 2 N–H and O–H groups in total. The molecule has 0 aliphatic carbocycles. The summed E-state index contributed by atoms with van der Waals surface area (Å²) in [5.41, 5.74) is 1.72. The Morgan fingerprint density at radius 2 is 1.97 bits per heavy atom. The number of thioether (sulfide) groups is 1. The Bertz CT molecular complexity index is 1010. The van der Waals surface area contributed by atoms with Crippen LogP contribution in [0.5, 0.6) is 0 Å². The van der Waals surface area contributed by atoms with Gasteiger partial charge in [0.2, 0.25) is 17.7 Å². The number of hydrogen-bond acceptors (Lipinski definition) is 8. The zero-order valence-electron chi connectivity index (χ0n) is 23.0. The van der Waals surface area contributed by atoms with Gasteiger partial charge in [0.05, 0.1) is 23.2 Å². The summed E-state index contributed by atoms with van der Waals surface area (Å²) in [5, 5.41) is 15.2. The highest BCUT2D eigenvalue weighted by Crippen LogP contribution is 2.37. The zero-order valence-corrected chi connectivity index (χ0v) is 23.8. The second kappa shape index (κ2) is 14.4. The Kier molecular flexibility index (Phi) is 11.2. The monoisotopic (exact) mass is 543 g/mol. The van der Waals surface area contributed by atoms with Crippen LogP contribution in [-0.2, 0) is 14.4 Å². The van der Waals surface area contributed by atoms with Crippen molar-refractivity contribution in [1.82, 2.24) is 20.0 Å². The van der Waals surface area contributed by atoms with Crippen LogP contribution >= 0.6 is 11.8 Å². The van der Waals surface area contributed by atoms with Gasteiger partial charge in [-0.05, 0) is 45.5 Å². The number of likely N-dealkylation sites (N-methyl/N-ethyl adjacent to an activating group) is 2. The summed E-state index contributed by atoms with van der Waals surface area (Å²) in [5.74, 6) is -0.936. The van der Waals surface area contributed by atoms with Crippen molar-refractivity contribution in [1.29, 1.82) is 5.26 Å². The minimum atomic E-state index is -0.773. The summed E-state index contributed by atoms with van der Waals surface area (Å²) in [6, 6.07) is 9.85. The summed E-state index contributed by atoms with van der Waals surface area (Å²) < 4.78 is 0. The molecule has 208 valence electrons. The normalized spacial score (nSPS) is 21.1. The molecule has 2 aliphatic rings. The second-order valence-corrected chi connectivity index (χ2v) is 11.2. The lowest BCUT2D eigenvalue weighted by atomic mass is 10.1. The lowest BCUT2D eigenvalue weighted by Crippen LogP contribution is -2.48. The Morgan fingerprint density at radius 1 is 1.24 bits per heavy atom. The van der Waals surface area contributed by atoms with Gasteiger partial charge in [0.15, 0.2) is 0 Å². The largest absolute Gasteiger partial charge is 0.385 e. The van der Waals surface area contributed by atoms with E-state index in [-0.39, 0.29) is 28.3 Å². The average molecular weight is 544 g/mol. The predicted octanol–water partition coefficient (Wildman–Crippen LogP) is 1.65. The molecule has 0 spiro atoms. The SMILES string of the molecule is CCNC(=O)C(C#N)CC1SC(CCNc2cccc(N(C)C(=O)CN3CCN(C)CC3)c2)C(=O)N1CC. The van der Waals surface area contributed by atoms with E-state index in [0.29, 0.717) is 39.0 Å². The number of piperazine rings is 1. The second-order valence-electron chi connectivity index (χ2n) is 9.81. The van der Waals surface area contributed by atoms with Crippen LogP contribution in [0.2, 0.25) is 0 Å². The molecule has 3 unspecified atom stereocenters. The summed E-state index contributed by atoms with van der Waals surface area (Å²) >= 11 is 1.54. The summed E-state index contributed by atoms with van der Waals surface area (Å²) in [6.07, 6.45) is 0.949. The van der Waals surface area contributed by atoms with Crippen LogP contribution in [0.25, 0.3) is 0 Å². The standard InChI is InChI=1S/C27H41N7O3S/c1-5-29-26(36)20(18-28)16-25-34(6-2)27(37)23(38-25)10-11-30-21-8-7-9-22(17-21)32(4)24(35)19-33-14-12-31(3)13-15-33/h7-9,17,20,23,25,30H,5-6,10-16,19H2,1-4H3,(H,29,36). The summed E-state index contributed by atoms with van der Waals surface area (Å²) in [4.78, 5) is 46.0. The van der Waals surface area contributed by atoms with E-state index in [1.54, 1.807) is 16.8 Å². The molecule has 2 fully saturated rings. The van der Waals surface area contributed by atoms with Crippen LogP contribution in [0.3, 0.4) is 0 Å². The molecule has 2 aliphatic heterocycles. The van der Waals surface area contributed by atoms with Gasteiger partial charge in [0, 0.05) is 70.7 Å². The molecule has 3 atom stereocenters. The first-order valence-corrected chi connectivity index (χ1v) is 14.4. The molecule has 3 amide bonds. The smallest absolute Gasteiger partial charge is 0.240 e. The number of rotatable bonds is 12. The Balaban J connectivity index is 1.51. The predicted molar refractivity (Wildman–Crippen MR) is 152 cm³/mol. The first-order valence-electron chi connectivity index (χ1n) is 13.4. The quantitative estimate of drug-likeness (QED) is 0.409. The van der Waals surface area contributed by atoms with Crippen LogP contribution < -0.4 is 15.5 Å². The van der Waals surface area contributed by atoms with Crippen LogP contribution in [0.15, 0.2) is 24.3 Å². The molecule has 2 saturated heterocycles. The molecule has 38 heavy (non-hydrogen) atoms. The number of nitriles is 1. The third-order valence-corrected chi connectivity index (χ3v) is 8.65. The number of amides is 3. The van der Waals surface area contributed by atoms with Gasteiger partial charge in [-0.25, -0.2) is 0 Å². The van der Waals surface area contributed by atoms with Crippen molar-refractivity contribution in [2.75, 3.05) is 76.7 Å². The van der Waals surface area contributed by atoms with E-state index < -0.39 is 5.92 Å². The minimum Gasteiger partial charge on any atom is -0.385 e. The van der Waals surface area contributed by atoms with Gasteiger partial charge >= 0.3 is 0 Å². The van der Waals surface area contributed by atoms with Gasteiger partial charge in [0.25, 0.3) is 0 Å². The molecule has 3 rings (SSSR count). The summed E-state index contributed by atoms with van der Waals surface area (Å²) in [7, 11) is 3.90. The third kappa shape index (κ3) is 7.85. The highest BCUT2D eigenvalue weighted by molar-refractivity contribution is 8.01. The van der Waals surface area contributed by atoms with E-state index in [4.69, 9.17) is 0 Å².